The van der Waals surface area contributed by atoms with Crippen molar-refractivity contribution in [1.82, 2.24) is 5.32 Å². The first kappa shape index (κ1) is 13.7. The highest BCUT2D eigenvalue weighted by Gasteiger charge is 2.16. The average molecular weight is 235 g/mol. The van der Waals surface area contributed by atoms with Crippen molar-refractivity contribution in [3.05, 3.63) is 35.4 Å². The van der Waals surface area contributed by atoms with Gasteiger partial charge in [-0.1, -0.05) is 29.8 Å². The molecule has 0 radical (unpaired) electrons. The van der Waals surface area contributed by atoms with Crippen LogP contribution in [0.4, 0.5) is 0 Å². The van der Waals surface area contributed by atoms with Gasteiger partial charge in [0.15, 0.2) is 0 Å². The zero-order chi connectivity index (χ0) is 12.8. The van der Waals surface area contributed by atoms with Crippen LogP contribution in [-0.4, -0.2) is 18.6 Å². The normalized spacial score (nSPS) is 14.1. The summed E-state index contributed by atoms with van der Waals surface area (Å²) >= 11 is 0. The second kappa shape index (κ2) is 6.40. The van der Waals surface area contributed by atoms with E-state index in [2.05, 4.69) is 30.4 Å². The number of rotatable bonds is 5. The summed E-state index contributed by atoms with van der Waals surface area (Å²) in [6, 6.07) is 8.11. The summed E-state index contributed by atoms with van der Waals surface area (Å²) < 4.78 is 4.96. The van der Waals surface area contributed by atoms with E-state index in [1.807, 2.05) is 26.8 Å². The Hall–Kier alpha value is -1.35. The lowest BCUT2D eigenvalue weighted by Crippen LogP contribution is -2.37. The molecule has 3 heteroatoms. The van der Waals surface area contributed by atoms with Gasteiger partial charge >= 0.3 is 5.97 Å². The van der Waals surface area contributed by atoms with Gasteiger partial charge in [-0.25, -0.2) is 0 Å². The van der Waals surface area contributed by atoms with Crippen molar-refractivity contribution < 1.29 is 9.53 Å². The molecule has 0 saturated carbocycles. The van der Waals surface area contributed by atoms with Crippen LogP contribution in [0, 0.1) is 6.92 Å². The predicted molar refractivity (Wildman–Crippen MR) is 68.8 cm³/mol. The Morgan fingerprint density at radius 1 is 1.41 bits per heavy atom. The molecule has 0 bridgehead atoms. The van der Waals surface area contributed by atoms with E-state index in [9.17, 15) is 4.79 Å². The molecule has 0 aromatic heterocycles. The van der Waals surface area contributed by atoms with Gasteiger partial charge < -0.3 is 4.74 Å². The molecule has 0 heterocycles. The molecule has 0 aliphatic heterocycles. The second-order valence-electron chi connectivity index (χ2n) is 4.28. The molecule has 1 rings (SSSR count). The van der Waals surface area contributed by atoms with Crippen molar-refractivity contribution in [2.45, 2.75) is 39.8 Å². The van der Waals surface area contributed by atoms with E-state index in [4.69, 9.17) is 4.74 Å². The summed E-state index contributed by atoms with van der Waals surface area (Å²) in [4.78, 5) is 11.5. The third kappa shape index (κ3) is 4.19. The van der Waals surface area contributed by atoms with Gasteiger partial charge in [0.1, 0.15) is 6.04 Å². The third-order valence-corrected chi connectivity index (χ3v) is 2.68. The molecule has 0 aliphatic carbocycles. The number of nitrogens with one attached hydrogen (secondary N) is 1. The van der Waals surface area contributed by atoms with Crippen molar-refractivity contribution in [2.75, 3.05) is 6.61 Å². The standard InChI is InChI=1S/C14H21NO2/c1-5-17-14(16)12(4)15-11(3)13-8-6-7-10(2)9-13/h6-9,11-12,15H,5H2,1-4H3. The molecule has 0 aliphatic rings. The lowest BCUT2D eigenvalue weighted by Gasteiger charge is -2.19. The fraction of sp³-hybridized carbons (Fsp3) is 0.500. The Bertz CT molecular complexity index is 376. The van der Waals surface area contributed by atoms with E-state index in [0.29, 0.717) is 6.61 Å². The molecule has 1 aromatic carbocycles. The molecule has 2 unspecified atom stereocenters. The smallest absolute Gasteiger partial charge is 0.322 e. The molecular weight excluding hydrogens is 214 g/mol. The number of carbonyl (C=O) groups excluding carboxylic acids is 1. The molecule has 0 fully saturated rings. The highest BCUT2D eigenvalue weighted by Crippen LogP contribution is 2.14. The van der Waals surface area contributed by atoms with E-state index in [1.165, 1.54) is 11.1 Å². The highest BCUT2D eigenvalue weighted by atomic mass is 16.5. The summed E-state index contributed by atoms with van der Waals surface area (Å²) in [7, 11) is 0. The first-order chi connectivity index (χ1) is 8.04. The van der Waals surface area contributed by atoms with Gasteiger partial charge in [-0.05, 0) is 33.3 Å². The first-order valence-corrected chi connectivity index (χ1v) is 6.03. The lowest BCUT2D eigenvalue weighted by molar-refractivity contribution is -0.145. The Labute approximate surface area is 103 Å². The minimum atomic E-state index is -0.287. The molecule has 1 N–H and O–H groups in total. The maximum atomic E-state index is 11.5. The van der Waals surface area contributed by atoms with Gasteiger partial charge in [-0.15, -0.1) is 0 Å². The Morgan fingerprint density at radius 3 is 2.71 bits per heavy atom. The van der Waals surface area contributed by atoms with Gasteiger partial charge in [0.25, 0.3) is 0 Å². The van der Waals surface area contributed by atoms with Crippen LogP contribution in [0.5, 0.6) is 0 Å². The fourth-order valence-electron chi connectivity index (χ4n) is 1.75. The van der Waals surface area contributed by atoms with E-state index in [1.54, 1.807) is 0 Å². The maximum absolute atomic E-state index is 11.5. The largest absolute Gasteiger partial charge is 0.465 e. The van der Waals surface area contributed by atoms with E-state index in [-0.39, 0.29) is 18.1 Å². The predicted octanol–water partition coefficient (Wildman–Crippen LogP) is 2.60. The number of benzene rings is 1. The van der Waals surface area contributed by atoms with Crippen LogP contribution >= 0.6 is 0 Å². The Morgan fingerprint density at radius 2 is 2.12 bits per heavy atom. The molecule has 0 saturated heterocycles. The van der Waals surface area contributed by atoms with Crippen molar-refractivity contribution in [2.24, 2.45) is 0 Å². The highest BCUT2D eigenvalue weighted by molar-refractivity contribution is 5.75. The van der Waals surface area contributed by atoms with E-state index < -0.39 is 0 Å². The summed E-state index contributed by atoms with van der Waals surface area (Å²) in [6.07, 6.45) is 0. The van der Waals surface area contributed by atoms with Crippen LogP contribution in [-0.2, 0) is 9.53 Å². The Kier molecular flexibility index (Phi) is 5.16. The molecule has 2 atom stereocenters. The number of carbonyl (C=O) groups is 1. The van der Waals surface area contributed by atoms with Crippen molar-refractivity contribution in [1.29, 1.82) is 0 Å². The molecule has 17 heavy (non-hydrogen) atoms. The molecule has 3 nitrogen and oxygen atoms in total. The van der Waals surface area contributed by atoms with Crippen LogP contribution in [0.25, 0.3) is 0 Å². The third-order valence-electron chi connectivity index (χ3n) is 2.68. The van der Waals surface area contributed by atoms with Crippen LogP contribution < -0.4 is 5.32 Å². The summed E-state index contributed by atoms with van der Waals surface area (Å²) in [5, 5.41) is 3.23. The second-order valence-corrected chi connectivity index (χ2v) is 4.28. The lowest BCUT2D eigenvalue weighted by atomic mass is 10.1. The molecular formula is C14H21NO2. The quantitative estimate of drug-likeness (QED) is 0.797. The number of hydrogen-bond acceptors (Lipinski definition) is 3. The molecule has 0 spiro atoms. The van der Waals surface area contributed by atoms with Crippen molar-refractivity contribution in [3.63, 3.8) is 0 Å². The van der Waals surface area contributed by atoms with Gasteiger partial charge in [-0.3, -0.25) is 10.1 Å². The number of ether oxygens (including phenoxy) is 1. The van der Waals surface area contributed by atoms with Gasteiger partial charge in [0, 0.05) is 6.04 Å². The molecule has 0 amide bonds. The molecule has 94 valence electrons. The van der Waals surface area contributed by atoms with Crippen LogP contribution in [0.2, 0.25) is 0 Å². The summed E-state index contributed by atoms with van der Waals surface area (Å²) in [6.45, 7) is 8.16. The minimum Gasteiger partial charge on any atom is -0.465 e. The van der Waals surface area contributed by atoms with Gasteiger partial charge in [0.05, 0.1) is 6.61 Å². The van der Waals surface area contributed by atoms with Crippen molar-refractivity contribution >= 4 is 5.97 Å². The zero-order valence-electron chi connectivity index (χ0n) is 11.0. The van der Waals surface area contributed by atoms with Crippen LogP contribution in [0.1, 0.15) is 37.9 Å². The minimum absolute atomic E-state index is 0.134. The van der Waals surface area contributed by atoms with E-state index in [0.717, 1.165) is 0 Å². The van der Waals surface area contributed by atoms with Gasteiger partial charge in [-0.2, -0.15) is 0 Å². The topological polar surface area (TPSA) is 38.3 Å². The number of aryl methyl sites for hydroxylation is 1. The van der Waals surface area contributed by atoms with Crippen LogP contribution in [0.15, 0.2) is 24.3 Å². The molecule has 1 aromatic rings. The summed E-state index contributed by atoms with van der Waals surface area (Å²) in [5.41, 5.74) is 2.40. The fourth-order valence-corrected chi connectivity index (χ4v) is 1.75. The SMILES string of the molecule is CCOC(=O)C(C)NC(C)c1cccc(C)c1. The van der Waals surface area contributed by atoms with E-state index >= 15 is 0 Å². The van der Waals surface area contributed by atoms with Crippen molar-refractivity contribution in [3.8, 4) is 0 Å². The van der Waals surface area contributed by atoms with Gasteiger partial charge in [0.2, 0.25) is 0 Å². The average Bonchev–Trinajstić information content (AvgIpc) is 2.29. The zero-order valence-corrected chi connectivity index (χ0v) is 11.0. The number of hydrogen-bond donors (Lipinski definition) is 1. The monoisotopic (exact) mass is 235 g/mol. The maximum Gasteiger partial charge on any atom is 0.322 e. The summed E-state index contributed by atoms with van der Waals surface area (Å²) in [5.74, 6) is -0.202. The number of esters is 1. The Balaban J connectivity index is 2.60. The van der Waals surface area contributed by atoms with Crippen LogP contribution in [0.3, 0.4) is 0 Å². The first-order valence-electron chi connectivity index (χ1n) is 6.03.